The van der Waals surface area contributed by atoms with Crippen molar-refractivity contribution in [1.82, 2.24) is 5.32 Å². The van der Waals surface area contributed by atoms with Gasteiger partial charge in [0.15, 0.2) is 0 Å². The number of hydrogen-bond acceptors (Lipinski definition) is 2. The largest absolute Gasteiger partial charge is 0.349 e. The van der Waals surface area contributed by atoms with Crippen LogP contribution in [0.25, 0.3) is 0 Å². The predicted octanol–water partition coefficient (Wildman–Crippen LogP) is 6.44. The summed E-state index contributed by atoms with van der Waals surface area (Å²) in [7, 11) is 0. The minimum Gasteiger partial charge on any atom is -0.349 e. The lowest BCUT2D eigenvalue weighted by Crippen LogP contribution is -2.35. The van der Waals surface area contributed by atoms with E-state index in [0.717, 1.165) is 22.7 Å². The fourth-order valence-corrected chi connectivity index (χ4v) is 2.65. The molecule has 0 heterocycles. The number of allylic oxidation sites excluding steroid dienone is 3. The zero-order valence-corrected chi connectivity index (χ0v) is 16.6. The molecular formula is C19H37NOS. The van der Waals surface area contributed by atoms with Crippen LogP contribution in [0.1, 0.15) is 87.0 Å². The molecule has 1 amide bonds. The van der Waals surface area contributed by atoms with Crippen molar-refractivity contribution in [3.63, 3.8) is 0 Å². The number of amides is 1. The molecule has 3 heteroatoms. The van der Waals surface area contributed by atoms with E-state index in [-0.39, 0.29) is 5.91 Å². The number of hydrogen-bond donors (Lipinski definition) is 1. The minimum atomic E-state index is 0.0795. The Balaban J connectivity index is 0. The van der Waals surface area contributed by atoms with E-state index in [2.05, 4.69) is 19.2 Å². The van der Waals surface area contributed by atoms with Crippen molar-refractivity contribution in [2.45, 2.75) is 93.0 Å². The van der Waals surface area contributed by atoms with Crippen molar-refractivity contribution in [1.29, 1.82) is 0 Å². The molecule has 1 N–H and O–H groups in total. The number of thioether (sulfide) groups is 1. The van der Waals surface area contributed by atoms with Gasteiger partial charge >= 0.3 is 0 Å². The zero-order chi connectivity index (χ0) is 17.4. The third-order valence-corrected chi connectivity index (χ3v) is 4.51. The van der Waals surface area contributed by atoms with Crippen molar-refractivity contribution >= 4 is 17.7 Å². The van der Waals surface area contributed by atoms with E-state index in [0.29, 0.717) is 6.04 Å². The van der Waals surface area contributed by atoms with Gasteiger partial charge < -0.3 is 5.32 Å². The molecule has 0 aliphatic carbocycles. The highest BCUT2D eigenvalue weighted by molar-refractivity contribution is 8.07. The molecule has 0 bridgehead atoms. The summed E-state index contributed by atoms with van der Waals surface area (Å²) in [6, 6.07) is 0.323. The maximum Gasteiger partial charge on any atom is 0.257 e. The average molecular weight is 328 g/mol. The molecule has 0 atom stereocenters. The topological polar surface area (TPSA) is 29.1 Å². The van der Waals surface area contributed by atoms with Crippen LogP contribution in [0.3, 0.4) is 0 Å². The molecule has 0 rings (SSSR count). The predicted molar refractivity (Wildman–Crippen MR) is 103 cm³/mol. The van der Waals surface area contributed by atoms with Crippen molar-refractivity contribution in [2.24, 2.45) is 0 Å². The zero-order valence-electron chi connectivity index (χ0n) is 15.8. The summed E-state index contributed by atoms with van der Waals surface area (Å²) in [5.41, 5.74) is 0. The van der Waals surface area contributed by atoms with Crippen LogP contribution in [-0.4, -0.2) is 11.9 Å². The lowest BCUT2D eigenvalue weighted by atomic mass is 10.0. The molecule has 0 spiro atoms. The van der Waals surface area contributed by atoms with Gasteiger partial charge in [0.05, 0.1) is 4.91 Å². The normalized spacial score (nSPS) is 12.0. The fraction of sp³-hybridized carbons (Fsp3) is 0.737. The smallest absolute Gasteiger partial charge is 0.257 e. The van der Waals surface area contributed by atoms with Crippen molar-refractivity contribution in [3.05, 3.63) is 22.0 Å². The van der Waals surface area contributed by atoms with E-state index in [1.165, 1.54) is 25.7 Å². The summed E-state index contributed by atoms with van der Waals surface area (Å²) in [4.78, 5) is 14.3. The molecule has 0 saturated heterocycles. The quantitative estimate of drug-likeness (QED) is 0.468. The lowest BCUT2D eigenvalue weighted by molar-refractivity contribution is -0.117. The van der Waals surface area contributed by atoms with E-state index in [1.807, 2.05) is 46.8 Å². The van der Waals surface area contributed by atoms with Crippen LogP contribution in [0.2, 0.25) is 0 Å². The van der Waals surface area contributed by atoms with Crippen LogP contribution in [0.15, 0.2) is 22.0 Å². The first kappa shape index (κ1) is 23.6. The maximum absolute atomic E-state index is 12.3. The van der Waals surface area contributed by atoms with Crippen LogP contribution in [-0.2, 0) is 4.79 Å². The van der Waals surface area contributed by atoms with Crippen molar-refractivity contribution in [2.75, 3.05) is 0 Å². The Morgan fingerprint density at radius 2 is 1.55 bits per heavy atom. The Morgan fingerprint density at radius 3 is 1.91 bits per heavy atom. The molecule has 0 aromatic rings. The van der Waals surface area contributed by atoms with E-state index in [4.69, 9.17) is 0 Å². The minimum absolute atomic E-state index is 0.0795. The first-order chi connectivity index (χ1) is 10.6. The highest BCUT2D eigenvalue weighted by Crippen LogP contribution is 2.25. The summed E-state index contributed by atoms with van der Waals surface area (Å²) < 4.78 is 0. The van der Waals surface area contributed by atoms with Gasteiger partial charge in [-0.05, 0) is 38.5 Å². The van der Waals surface area contributed by atoms with E-state index in [9.17, 15) is 4.79 Å². The summed E-state index contributed by atoms with van der Waals surface area (Å²) in [5.74, 6) is 0.0795. The van der Waals surface area contributed by atoms with Gasteiger partial charge in [-0.3, -0.25) is 4.79 Å². The van der Waals surface area contributed by atoms with Crippen LogP contribution in [0.4, 0.5) is 0 Å². The van der Waals surface area contributed by atoms with Gasteiger partial charge in [-0.1, -0.05) is 77.3 Å². The number of carbonyl (C=O) groups is 1. The summed E-state index contributed by atoms with van der Waals surface area (Å²) in [6.07, 6.45) is 10.8. The highest BCUT2D eigenvalue weighted by Gasteiger charge is 2.15. The van der Waals surface area contributed by atoms with Crippen LogP contribution < -0.4 is 5.32 Å². The number of nitrogens with one attached hydrogen (secondary N) is 1. The Hall–Kier alpha value is -0.700. The summed E-state index contributed by atoms with van der Waals surface area (Å²) in [6.45, 7) is 14.4. The molecule has 0 aliphatic rings. The molecule has 0 radical (unpaired) electrons. The molecular weight excluding hydrogens is 290 g/mol. The number of unbranched alkanes of at least 4 members (excludes halogenated alkanes) is 2. The Bertz CT molecular complexity index is 326. The molecule has 0 aliphatic heterocycles. The second kappa shape index (κ2) is 16.7. The highest BCUT2D eigenvalue weighted by atomic mass is 32.2. The molecule has 2 nitrogen and oxygen atoms in total. The van der Waals surface area contributed by atoms with E-state index < -0.39 is 0 Å². The second-order valence-electron chi connectivity index (χ2n) is 5.11. The van der Waals surface area contributed by atoms with Gasteiger partial charge in [-0.15, -0.1) is 0 Å². The summed E-state index contributed by atoms with van der Waals surface area (Å²) in [5, 5.41) is 3.21. The third kappa shape index (κ3) is 11.9. The van der Waals surface area contributed by atoms with Gasteiger partial charge in [0.25, 0.3) is 5.91 Å². The van der Waals surface area contributed by atoms with Gasteiger partial charge in [0.1, 0.15) is 0 Å². The van der Waals surface area contributed by atoms with Gasteiger partial charge in [0.2, 0.25) is 0 Å². The molecule has 22 heavy (non-hydrogen) atoms. The van der Waals surface area contributed by atoms with Gasteiger partial charge in [-0.2, -0.15) is 0 Å². The average Bonchev–Trinajstić information content (AvgIpc) is 2.56. The Kier molecular flexibility index (Phi) is 17.9. The van der Waals surface area contributed by atoms with Crippen LogP contribution in [0, 0.1) is 0 Å². The first-order valence-electron chi connectivity index (χ1n) is 8.86. The number of carbonyl (C=O) groups excluding carboxylic acids is 1. The molecule has 0 saturated carbocycles. The molecule has 0 aromatic carbocycles. The Labute approximate surface area is 143 Å². The first-order valence-corrected chi connectivity index (χ1v) is 9.68. The maximum atomic E-state index is 12.3. The third-order valence-electron chi connectivity index (χ3n) is 3.31. The van der Waals surface area contributed by atoms with Crippen molar-refractivity contribution < 1.29 is 4.79 Å². The summed E-state index contributed by atoms with van der Waals surface area (Å²) >= 11 is 1.55. The molecule has 0 unspecified atom stereocenters. The monoisotopic (exact) mass is 327 g/mol. The SMILES string of the molecule is C/C=C(/C)S/C(=C\C)C(=O)NC(CCCC)CCCC.CC. The van der Waals surface area contributed by atoms with Crippen LogP contribution in [0.5, 0.6) is 0 Å². The van der Waals surface area contributed by atoms with E-state index in [1.54, 1.807) is 11.8 Å². The van der Waals surface area contributed by atoms with E-state index >= 15 is 0 Å². The van der Waals surface area contributed by atoms with Crippen molar-refractivity contribution in [3.8, 4) is 0 Å². The number of rotatable bonds is 10. The lowest BCUT2D eigenvalue weighted by Gasteiger charge is -2.19. The molecule has 0 fully saturated rings. The fourth-order valence-electron chi connectivity index (χ4n) is 1.91. The van der Waals surface area contributed by atoms with Crippen LogP contribution >= 0.6 is 11.8 Å². The van der Waals surface area contributed by atoms with Gasteiger partial charge in [-0.25, -0.2) is 0 Å². The molecule has 0 aromatic heterocycles. The second-order valence-corrected chi connectivity index (χ2v) is 6.40. The molecule has 130 valence electrons. The van der Waals surface area contributed by atoms with Gasteiger partial charge in [0, 0.05) is 6.04 Å². The Morgan fingerprint density at radius 1 is 1.05 bits per heavy atom. The standard InChI is InChI=1S/C17H31NOS.C2H6/c1-6-10-12-15(13-11-7-2)18-17(19)16(9-4)20-14(5)8-3;1-2/h8-9,15H,6-7,10-13H2,1-5H3,(H,18,19);1-2H3/b14-8-,16-9-;.